The van der Waals surface area contributed by atoms with Crippen LogP contribution in [-0.4, -0.2) is 12.6 Å². The third-order valence-corrected chi connectivity index (χ3v) is 1.70. The fourth-order valence-corrected chi connectivity index (χ4v) is 1.00. The van der Waals surface area contributed by atoms with E-state index in [-0.39, 0.29) is 6.10 Å². The lowest BCUT2D eigenvalue weighted by molar-refractivity contribution is 0.230. The van der Waals surface area contributed by atoms with Crippen LogP contribution in [0.5, 0.6) is 5.75 Å². The Morgan fingerprint density at radius 3 is 2.92 bits per heavy atom. The lowest BCUT2D eigenvalue weighted by atomic mass is 10.3. The first-order valence-electron chi connectivity index (χ1n) is 3.84. The predicted octanol–water partition coefficient (Wildman–Crippen LogP) is 2.07. The first-order valence-corrected chi connectivity index (χ1v) is 4.22. The maximum Gasteiger partial charge on any atom is 0.121 e. The molecule has 0 aliphatic heterocycles. The second-order valence-corrected chi connectivity index (χ2v) is 3.06. The minimum atomic E-state index is 0.0310. The van der Waals surface area contributed by atoms with Crippen molar-refractivity contribution < 1.29 is 4.74 Å². The summed E-state index contributed by atoms with van der Waals surface area (Å²) < 4.78 is 5.43. The van der Waals surface area contributed by atoms with Crippen LogP contribution in [0, 0.1) is 0 Å². The molecule has 12 heavy (non-hydrogen) atoms. The van der Waals surface area contributed by atoms with Gasteiger partial charge in [-0.3, -0.25) is 0 Å². The standard InChI is InChI=1S/C9H12ClNO/c1-7(6-11)12-9-4-2-3-8(10)5-9/h2-5,7H,6,11H2,1H3/t7-/m1/s1. The van der Waals surface area contributed by atoms with E-state index in [4.69, 9.17) is 22.1 Å². The molecule has 1 aromatic rings. The van der Waals surface area contributed by atoms with Crippen molar-refractivity contribution in [2.75, 3.05) is 6.54 Å². The summed E-state index contributed by atoms with van der Waals surface area (Å²) in [6.07, 6.45) is 0.0310. The second-order valence-electron chi connectivity index (χ2n) is 2.62. The van der Waals surface area contributed by atoms with Crippen molar-refractivity contribution in [1.29, 1.82) is 0 Å². The van der Waals surface area contributed by atoms with E-state index >= 15 is 0 Å². The molecule has 0 bridgehead atoms. The van der Waals surface area contributed by atoms with E-state index in [0.717, 1.165) is 5.75 Å². The van der Waals surface area contributed by atoms with Gasteiger partial charge in [-0.1, -0.05) is 17.7 Å². The lowest BCUT2D eigenvalue weighted by Crippen LogP contribution is -2.22. The van der Waals surface area contributed by atoms with Crippen LogP contribution >= 0.6 is 11.6 Å². The van der Waals surface area contributed by atoms with Crippen LogP contribution in [0.1, 0.15) is 6.92 Å². The smallest absolute Gasteiger partial charge is 0.121 e. The number of nitrogens with two attached hydrogens (primary N) is 1. The van der Waals surface area contributed by atoms with Crippen molar-refractivity contribution in [3.05, 3.63) is 29.3 Å². The molecule has 1 atom stereocenters. The summed E-state index contributed by atoms with van der Waals surface area (Å²) in [4.78, 5) is 0. The SMILES string of the molecule is C[C@H](CN)Oc1cccc(Cl)c1. The molecule has 1 rings (SSSR count). The first kappa shape index (κ1) is 9.36. The highest BCUT2D eigenvalue weighted by molar-refractivity contribution is 6.30. The quantitative estimate of drug-likeness (QED) is 0.783. The Bertz CT molecular complexity index is 252. The summed E-state index contributed by atoms with van der Waals surface area (Å²) in [6, 6.07) is 7.29. The van der Waals surface area contributed by atoms with Gasteiger partial charge < -0.3 is 10.5 Å². The molecule has 2 N–H and O–H groups in total. The van der Waals surface area contributed by atoms with Gasteiger partial charge in [-0.15, -0.1) is 0 Å². The van der Waals surface area contributed by atoms with Crippen LogP contribution in [0.15, 0.2) is 24.3 Å². The predicted molar refractivity (Wildman–Crippen MR) is 50.6 cm³/mol. The van der Waals surface area contributed by atoms with E-state index in [1.54, 1.807) is 6.07 Å². The van der Waals surface area contributed by atoms with E-state index in [0.29, 0.717) is 11.6 Å². The normalized spacial score (nSPS) is 12.6. The highest BCUT2D eigenvalue weighted by atomic mass is 35.5. The van der Waals surface area contributed by atoms with E-state index in [9.17, 15) is 0 Å². The van der Waals surface area contributed by atoms with Crippen molar-refractivity contribution in [2.45, 2.75) is 13.0 Å². The third kappa shape index (κ3) is 2.72. The highest BCUT2D eigenvalue weighted by Crippen LogP contribution is 2.17. The van der Waals surface area contributed by atoms with Crippen molar-refractivity contribution >= 4 is 11.6 Å². The zero-order valence-electron chi connectivity index (χ0n) is 6.96. The summed E-state index contributed by atoms with van der Waals surface area (Å²) in [5.74, 6) is 0.764. The van der Waals surface area contributed by atoms with Gasteiger partial charge in [0.1, 0.15) is 11.9 Å². The average molecular weight is 186 g/mol. The van der Waals surface area contributed by atoms with E-state index < -0.39 is 0 Å². The summed E-state index contributed by atoms with van der Waals surface area (Å²) in [5.41, 5.74) is 5.40. The maximum absolute atomic E-state index is 5.76. The molecule has 0 aliphatic carbocycles. The minimum absolute atomic E-state index is 0.0310. The highest BCUT2D eigenvalue weighted by Gasteiger charge is 2.00. The fourth-order valence-electron chi connectivity index (χ4n) is 0.821. The largest absolute Gasteiger partial charge is 0.489 e. The number of rotatable bonds is 3. The van der Waals surface area contributed by atoms with Crippen LogP contribution < -0.4 is 10.5 Å². The molecule has 2 nitrogen and oxygen atoms in total. The molecule has 0 spiro atoms. The Hall–Kier alpha value is -0.730. The Balaban J connectivity index is 2.63. The molecule has 0 aliphatic rings. The molecule has 0 heterocycles. The maximum atomic E-state index is 5.76. The van der Waals surface area contributed by atoms with Gasteiger partial charge in [-0.05, 0) is 25.1 Å². The van der Waals surface area contributed by atoms with Crippen molar-refractivity contribution in [3.63, 3.8) is 0 Å². The number of hydrogen-bond donors (Lipinski definition) is 1. The number of ether oxygens (including phenoxy) is 1. The molecule has 0 unspecified atom stereocenters. The zero-order valence-corrected chi connectivity index (χ0v) is 7.71. The number of benzene rings is 1. The fraction of sp³-hybridized carbons (Fsp3) is 0.333. The lowest BCUT2D eigenvalue weighted by Gasteiger charge is -2.11. The molecule has 0 saturated heterocycles. The van der Waals surface area contributed by atoms with Gasteiger partial charge in [0.15, 0.2) is 0 Å². The van der Waals surface area contributed by atoms with Gasteiger partial charge >= 0.3 is 0 Å². The van der Waals surface area contributed by atoms with Crippen molar-refractivity contribution in [1.82, 2.24) is 0 Å². The van der Waals surface area contributed by atoms with Gasteiger partial charge in [-0.25, -0.2) is 0 Å². The van der Waals surface area contributed by atoms with Gasteiger partial charge in [0.25, 0.3) is 0 Å². The molecule has 0 saturated carbocycles. The van der Waals surface area contributed by atoms with Gasteiger partial charge in [0, 0.05) is 11.6 Å². The Morgan fingerprint density at radius 2 is 2.33 bits per heavy atom. The molecule has 0 radical (unpaired) electrons. The zero-order chi connectivity index (χ0) is 8.97. The topological polar surface area (TPSA) is 35.2 Å². The molecule has 0 amide bonds. The molecule has 1 aromatic carbocycles. The summed E-state index contributed by atoms with van der Waals surface area (Å²) in [6.45, 7) is 2.42. The van der Waals surface area contributed by atoms with Gasteiger partial charge in [0.05, 0.1) is 0 Å². The molecular formula is C9H12ClNO. The minimum Gasteiger partial charge on any atom is -0.489 e. The first-order chi connectivity index (χ1) is 5.72. The molecule has 66 valence electrons. The molecule has 0 fully saturated rings. The van der Waals surface area contributed by atoms with Gasteiger partial charge in [0.2, 0.25) is 0 Å². The van der Waals surface area contributed by atoms with Gasteiger partial charge in [-0.2, -0.15) is 0 Å². The van der Waals surface area contributed by atoms with Crippen LogP contribution in [0.4, 0.5) is 0 Å². The summed E-state index contributed by atoms with van der Waals surface area (Å²) in [5, 5.41) is 0.678. The summed E-state index contributed by atoms with van der Waals surface area (Å²) >= 11 is 5.76. The van der Waals surface area contributed by atoms with Crippen LogP contribution in [-0.2, 0) is 0 Å². The van der Waals surface area contributed by atoms with E-state index in [2.05, 4.69) is 0 Å². The third-order valence-electron chi connectivity index (χ3n) is 1.47. The van der Waals surface area contributed by atoms with Crippen molar-refractivity contribution in [2.24, 2.45) is 5.73 Å². The number of halogens is 1. The van der Waals surface area contributed by atoms with Crippen LogP contribution in [0.3, 0.4) is 0 Å². The Kier molecular flexibility index (Phi) is 3.38. The molecular weight excluding hydrogens is 174 g/mol. The van der Waals surface area contributed by atoms with Crippen LogP contribution in [0.2, 0.25) is 5.02 Å². The van der Waals surface area contributed by atoms with E-state index in [1.807, 2.05) is 25.1 Å². The Labute approximate surface area is 77.3 Å². The monoisotopic (exact) mass is 185 g/mol. The summed E-state index contributed by atoms with van der Waals surface area (Å²) in [7, 11) is 0. The average Bonchev–Trinajstić information content (AvgIpc) is 2.04. The molecule has 3 heteroatoms. The number of hydrogen-bond acceptors (Lipinski definition) is 2. The van der Waals surface area contributed by atoms with E-state index in [1.165, 1.54) is 0 Å². The second kappa shape index (κ2) is 4.33. The van der Waals surface area contributed by atoms with Crippen LogP contribution in [0.25, 0.3) is 0 Å². The Morgan fingerprint density at radius 1 is 1.58 bits per heavy atom. The van der Waals surface area contributed by atoms with Crippen molar-refractivity contribution in [3.8, 4) is 5.75 Å². The molecule has 0 aromatic heterocycles.